The third kappa shape index (κ3) is 2.74. The van der Waals surface area contributed by atoms with Gasteiger partial charge in [0.1, 0.15) is 11.6 Å². The summed E-state index contributed by atoms with van der Waals surface area (Å²) in [5.74, 6) is -0.461. The van der Waals surface area contributed by atoms with Gasteiger partial charge in [-0.05, 0) is 24.3 Å². The normalized spacial score (nSPS) is 13.9. The first-order valence-corrected chi connectivity index (χ1v) is 6.06. The Labute approximate surface area is 111 Å². The number of rotatable bonds is 4. The molecule has 0 bridgehead atoms. The summed E-state index contributed by atoms with van der Waals surface area (Å²) in [6, 6.07) is 9.94. The van der Waals surface area contributed by atoms with Crippen LogP contribution in [0.15, 0.2) is 42.6 Å². The van der Waals surface area contributed by atoms with Gasteiger partial charge in [-0.2, -0.15) is 0 Å². The highest BCUT2D eigenvalue weighted by molar-refractivity contribution is 5.38. The average Bonchev–Trinajstić information content (AvgIpc) is 2.46. The molecule has 0 fully saturated rings. The monoisotopic (exact) mass is 261 g/mol. The van der Waals surface area contributed by atoms with Gasteiger partial charge < -0.3 is 9.84 Å². The Hall–Kier alpha value is -1.94. The van der Waals surface area contributed by atoms with E-state index in [2.05, 4.69) is 4.98 Å². The largest absolute Gasteiger partial charge is 0.496 e. The number of nitrogens with zero attached hydrogens (tertiary/aromatic N) is 1. The lowest BCUT2D eigenvalue weighted by molar-refractivity contribution is 0.141. The van der Waals surface area contributed by atoms with Crippen LogP contribution in [-0.2, 0) is 0 Å². The van der Waals surface area contributed by atoms with E-state index in [4.69, 9.17) is 4.74 Å². The molecule has 1 aromatic carbocycles. The number of hydrogen-bond donors (Lipinski definition) is 1. The van der Waals surface area contributed by atoms with Crippen molar-refractivity contribution >= 4 is 0 Å². The minimum absolute atomic E-state index is 0.170. The van der Waals surface area contributed by atoms with Gasteiger partial charge in [-0.1, -0.05) is 19.1 Å². The molecule has 2 atom stereocenters. The summed E-state index contributed by atoms with van der Waals surface area (Å²) in [5.41, 5.74) is 0.878. The van der Waals surface area contributed by atoms with Crippen molar-refractivity contribution in [3.8, 4) is 5.75 Å². The van der Waals surface area contributed by atoms with Gasteiger partial charge >= 0.3 is 0 Å². The zero-order valence-electron chi connectivity index (χ0n) is 10.9. The lowest BCUT2D eigenvalue weighted by atomic mass is 9.93. The number of ether oxygens (including phenoxy) is 1. The van der Waals surface area contributed by atoms with E-state index in [-0.39, 0.29) is 11.5 Å². The number of methoxy groups -OCH3 is 1. The van der Waals surface area contributed by atoms with E-state index in [1.807, 2.05) is 6.07 Å². The van der Waals surface area contributed by atoms with Gasteiger partial charge in [0.2, 0.25) is 0 Å². The SMILES string of the molecule is COc1cccc(F)c1C(O)C(C)c1ccccn1. The van der Waals surface area contributed by atoms with E-state index in [9.17, 15) is 9.50 Å². The van der Waals surface area contributed by atoms with E-state index in [0.29, 0.717) is 11.4 Å². The van der Waals surface area contributed by atoms with Crippen LogP contribution in [0.2, 0.25) is 0 Å². The number of hydrogen-bond acceptors (Lipinski definition) is 3. The second kappa shape index (κ2) is 5.80. The second-order valence-corrected chi connectivity index (χ2v) is 4.34. The van der Waals surface area contributed by atoms with E-state index in [1.54, 1.807) is 37.4 Å². The maximum atomic E-state index is 13.9. The van der Waals surface area contributed by atoms with Crippen LogP contribution in [0.4, 0.5) is 4.39 Å². The van der Waals surface area contributed by atoms with Crippen LogP contribution in [0.5, 0.6) is 5.75 Å². The van der Waals surface area contributed by atoms with Crippen molar-refractivity contribution < 1.29 is 14.2 Å². The van der Waals surface area contributed by atoms with E-state index < -0.39 is 11.9 Å². The van der Waals surface area contributed by atoms with Crippen LogP contribution in [-0.4, -0.2) is 17.2 Å². The first-order valence-electron chi connectivity index (χ1n) is 6.06. The van der Waals surface area contributed by atoms with Gasteiger partial charge in [-0.25, -0.2) is 4.39 Å². The lowest BCUT2D eigenvalue weighted by Crippen LogP contribution is -2.12. The Kier molecular flexibility index (Phi) is 4.12. The Morgan fingerprint density at radius 3 is 2.63 bits per heavy atom. The molecule has 100 valence electrons. The van der Waals surface area contributed by atoms with Crippen LogP contribution in [0.3, 0.4) is 0 Å². The van der Waals surface area contributed by atoms with Crippen LogP contribution in [0.1, 0.15) is 30.2 Å². The molecule has 4 heteroatoms. The number of aliphatic hydroxyl groups excluding tert-OH is 1. The Morgan fingerprint density at radius 2 is 2.00 bits per heavy atom. The highest BCUT2D eigenvalue weighted by atomic mass is 19.1. The zero-order valence-corrected chi connectivity index (χ0v) is 10.9. The molecular formula is C15H16FNO2. The molecule has 0 aliphatic heterocycles. The molecule has 0 saturated heterocycles. The number of halogens is 1. The van der Waals surface area contributed by atoms with Crippen LogP contribution >= 0.6 is 0 Å². The summed E-state index contributed by atoms with van der Waals surface area (Å²) in [4.78, 5) is 4.19. The molecular weight excluding hydrogens is 245 g/mol. The van der Waals surface area contributed by atoms with Crippen molar-refractivity contribution in [3.05, 3.63) is 59.7 Å². The van der Waals surface area contributed by atoms with Crippen molar-refractivity contribution in [1.82, 2.24) is 4.98 Å². The quantitative estimate of drug-likeness (QED) is 0.919. The van der Waals surface area contributed by atoms with Crippen molar-refractivity contribution in [3.63, 3.8) is 0 Å². The van der Waals surface area contributed by atoms with Crippen LogP contribution in [0, 0.1) is 5.82 Å². The van der Waals surface area contributed by atoms with Gasteiger partial charge in [-0.3, -0.25) is 4.98 Å². The maximum Gasteiger partial charge on any atom is 0.132 e. The van der Waals surface area contributed by atoms with Gasteiger partial charge in [0.05, 0.1) is 18.8 Å². The fourth-order valence-electron chi connectivity index (χ4n) is 2.04. The summed E-state index contributed by atoms with van der Waals surface area (Å²) in [5, 5.41) is 10.4. The van der Waals surface area contributed by atoms with E-state index >= 15 is 0 Å². The fourth-order valence-corrected chi connectivity index (χ4v) is 2.04. The average molecular weight is 261 g/mol. The topological polar surface area (TPSA) is 42.4 Å². The Balaban J connectivity index is 2.37. The van der Waals surface area contributed by atoms with Crippen LogP contribution < -0.4 is 4.74 Å². The zero-order chi connectivity index (χ0) is 13.8. The molecule has 2 rings (SSSR count). The van der Waals surface area contributed by atoms with Gasteiger partial charge in [-0.15, -0.1) is 0 Å². The van der Waals surface area contributed by atoms with Crippen molar-refractivity contribution in [2.45, 2.75) is 18.9 Å². The molecule has 3 nitrogen and oxygen atoms in total. The number of benzene rings is 1. The predicted molar refractivity (Wildman–Crippen MR) is 70.6 cm³/mol. The standard InChI is InChI=1S/C15H16FNO2/c1-10(12-7-3-4-9-17-12)15(18)14-11(16)6-5-8-13(14)19-2/h3-10,15,18H,1-2H3. The number of aromatic nitrogens is 1. The molecule has 0 aliphatic rings. The summed E-state index contributed by atoms with van der Waals surface area (Å²) < 4.78 is 19.0. The summed E-state index contributed by atoms with van der Waals surface area (Å²) in [7, 11) is 1.45. The summed E-state index contributed by atoms with van der Waals surface area (Å²) >= 11 is 0. The van der Waals surface area contributed by atoms with Gasteiger partial charge in [0, 0.05) is 17.8 Å². The van der Waals surface area contributed by atoms with Crippen molar-refractivity contribution in [2.24, 2.45) is 0 Å². The number of aliphatic hydroxyl groups is 1. The molecule has 0 saturated carbocycles. The molecule has 1 N–H and O–H groups in total. The minimum Gasteiger partial charge on any atom is -0.496 e. The molecule has 0 radical (unpaired) electrons. The first-order chi connectivity index (χ1) is 9.15. The highest BCUT2D eigenvalue weighted by Crippen LogP contribution is 2.36. The Bertz CT molecular complexity index is 545. The molecule has 1 heterocycles. The van der Waals surface area contributed by atoms with Crippen molar-refractivity contribution in [2.75, 3.05) is 7.11 Å². The highest BCUT2D eigenvalue weighted by Gasteiger charge is 2.25. The molecule has 2 unspecified atom stereocenters. The maximum absolute atomic E-state index is 13.9. The molecule has 0 aliphatic carbocycles. The third-order valence-electron chi connectivity index (χ3n) is 3.16. The van der Waals surface area contributed by atoms with Crippen molar-refractivity contribution in [1.29, 1.82) is 0 Å². The fraction of sp³-hybridized carbons (Fsp3) is 0.267. The predicted octanol–water partition coefficient (Wildman–Crippen LogP) is 3.07. The summed E-state index contributed by atoms with van der Waals surface area (Å²) in [6.45, 7) is 1.80. The molecule has 19 heavy (non-hydrogen) atoms. The molecule has 0 amide bonds. The van der Waals surface area contributed by atoms with E-state index in [1.165, 1.54) is 13.2 Å². The second-order valence-electron chi connectivity index (χ2n) is 4.34. The Morgan fingerprint density at radius 1 is 1.21 bits per heavy atom. The lowest BCUT2D eigenvalue weighted by Gasteiger charge is -2.21. The van der Waals surface area contributed by atoms with Crippen LogP contribution in [0.25, 0.3) is 0 Å². The smallest absolute Gasteiger partial charge is 0.132 e. The first kappa shape index (κ1) is 13.5. The molecule has 2 aromatic rings. The third-order valence-corrected chi connectivity index (χ3v) is 3.16. The summed E-state index contributed by atoms with van der Waals surface area (Å²) in [6.07, 6.45) is 0.642. The molecule has 1 aromatic heterocycles. The number of pyridine rings is 1. The van der Waals surface area contributed by atoms with Gasteiger partial charge in [0.25, 0.3) is 0 Å². The molecule has 0 spiro atoms. The van der Waals surface area contributed by atoms with E-state index in [0.717, 1.165) is 0 Å². The minimum atomic E-state index is -1.01. The van der Waals surface area contributed by atoms with Gasteiger partial charge in [0.15, 0.2) is 0 Å².